The van der Waals surface area contributed by atoms with Crippen LogP contribution in [0.4, 0.5) is 13.2 Å². The number of halogens is 3. The zero-order chi connectivity index (χ0) is 10.3. The molecule has 13 heavy (non-hydrogen) atoms. The number of hydrogen-bond donors (Lipinski definition) is 2. The summed E-state index contributed by atoms with van der Waals surface area (Å²) in [6, 6.07) is 0. The van der Waals surface area contributed by atoms with Crippen molar-refractivity contribution in [3.63, 3.8) is 0 Å². The maximum atomic E-state index is 13.0. The molecule has 0 amide bonds. The number of aliphatic hydroxyl groups excluding tert-OH is 1. The first-order chi connectivity index (χ1) is 5.82. The number of carbonyl (C=O) groups is 1. The molecule has 1 rings (SSSR count). The largest absolute Gasteiger partial charge is 0.491 e. The Kier molecular flexibility index (Phi) is 2.20. The monoisotopic (exact) mass is 203 g/mol. The molecule has 0 spiro atoms. The third kappa shape index (κ3) is 1.58. The summed E-state index contributed by atoms with van der Waals surface area (Å²) in [5.41, 5.74) is 0. The van der Waals surface area contributed by atoms with E-state index in [1.165, 1.54) is 0 Å². The molecule has 0 bridgehead atoms. The third-order valence-electron chi connectivity index (χ3n) is 1.22. The summed E-state index contributed by atoms with van der Waals surface area (Å²) in [7, 11) is 0. The van der Waals surface area contributed by atoms with Crippen LogP contribution in [0.5, 0.6) is 0 Å². The van der Waals surface area contributed by atoms with Crippen LogP contribution in [-0.4, -0.2) is 29.5 Å². The molecule has 6 nitrogen and oxygen atoms in total. The average Bonchev–Trinajstić information content (AvgIpc) is 2.20. The number of aliphatic hydroxyl groups is 1. The lowest BCUT2D eigenvalue weighted by Gasteiger charge is -2.15. The van der Waals surface area contributed by atoms with Gasteiger partial charge in [-0.05, 0) is 0 Å². The fourth-order valence-electron chi connectivity index (χ4n) is 0.676. The van der Waals surface area contributed by atoms with Crippen molar-refractivity contribution < 1.29 is 37.4 Å². The quantitative estimate of drug-likeness (QED) is 0.530. The second-order valence-electron chi connectivity index (χ2n) is 2.09. The van der Waals surface area contributed by atoms with Gasteiger partial charge in [-0.2, -0.15) is 10.3 Å². The Bertz CT molecular complexity index is 236. The van der Waals surface area contributed by atoms with Crippen LogP contribution in [0, 0.1) is 0 Å². The molecule has 0 aromatic rings. The molecule has 3 N–H and O–H groups in total. The van der Waals surface area contributed by atoms with E-state index < -0.39 is 24.4 Å². The van der Waals surface area contributed by atoms with E-state index in [4.69, 9.17) is 5.11 Å². The van der Waals surface area contributed by atoms with Gasteiger partial charge in [0.1, 0.15) is 0 Å². The van der Waals surface area contributed by atoms with Gasteiger partial charge in [0.05, 0.1) is 0 Å². The van der Waals surface area contributed by atoms with Crippen molar-refractivity contribution in [1.82, 2.24) is 0 Å². The minimum atomic E-state index is -4.40. The van der Waals surface area contributed by atoms with Crippen molar-refractivity contribution in [3.8, 4) is 0 Å². The summed E-state index contributed by atoms with van der Waals surface area (Å²) in [6.45, 7) is 0. The number of hydrogen-bond acceptors (Lipinski definition) is 6. The van der Waals surface area contributed by atoms with Crippen molar-refractivity contribution in [2.75, 3.05) is 0 Å². The number of alkyl halides is 3. The molecule has 9 heteroatoms. The summed E-state index contributed by atoms with van der Waals surface area (Å²) < 4.78 is 43.6. The lowest BCUT2D eigenvalue weighted by Crippen LogP contribution is -2.45. The highest BCUT2D eigenvalue weighted by Gasteiger charge is 2.66. The highest BCUT2D eigenvalue weighted by atomic mass is 19.3. The first-order valence-corrected chi connectivity index (χ1v) is 2.86. The van der Waals surface area contributed by atoms with E-state index in [-0.39, 0.29) is 0 Å². The molecule has 1 saturated heterocycles. The van der Waals surface area contributed by atoms with Crippen LogP contribution in [-0.2, 0) is 19.1 Å². The average molecular weight is 203 g/mol. The SMILES string of the molecule is NOC(=O)C1(F)OC(F)(F)OC1O. The molecular weight excluding hydrogens is 199 g/mol. The zero-order valence-electron chi connectivity index (χ0n) is 5.87. The van der Waals surface area contributed by atoms with E-state index in [1.54, 1.807) is 0 Å². The Labute approximate surface area is 68.9 Å². The first-order valence-electron chi connectivity index (χ1n) is 2.86. The molecule has 1 fully saturated rings. The van der Waals surface area contributed by atoms with Crippen molar-refractivity contribution in [1.29, 1.82) is 0 Å². The summed E-state index contributed by atoms with van der Waals surface area (Å²) in [5, 5.41) is 8.53. The van der Waals surface area contributed by atoms with Crippen LogP contribution in [0.3, 0.4) is 0 Å². The van der Waals surface area contributed by atoms with Crippen LogP contribution in [0.25, 0.3) is 0 Å². The fraction of sp³-hybridized carbons (Fsp3) is 0.750. The highest BCUT2D eigenvalue weighted by Crippen LogP contribution is 2.39. The molecule has 1 heterocycles. The van der Waals surface area contributed by atoms with Crippen molar-refractivity contribution in [3.05, 3.63) is 0 Å². The van der Waals surface area contributed by atoms with Crippen LogP contribution in [0.15, 0.2) is 0 Å². The maximum Gasteiger partial charge on any atom is 0.491 e. The highest BCUT2D eigenvalue weighted by molar-refractivity contribution is 5.78. The van der Waals surface area contributed by atoms with Crippen LogP contribution >= 0.6 is 0 Å². The molecule has 2 atom stereocenters. The van der Waals surface area contributed by atoms with Gasteiger partial charge in [0.2, 0.25) is 6.29 Å². The minimum absolute atomic E-state index is 2.02. The molecule has 1 aliphatic rings. The Morgan fingerprint density at radius 3 is 2.38 bits per heavy atom. The topological polar surface area (TPSA) is 91.0 Å². The molecule has 0 aliphatic carbocycles. The van der Waals surface area contributed by atoms with Gasteiger partial charge in [-0.3, -0.25) is 4.74 Å². The second kappa shape index (κ2) is 2.80. The third-order valence-corrected chi connectivity index (χ3v) is 1.22. The van der Waals surface area contributed by atoms with Crippen molar-refractivity contribution in [2.45, 2.75) is 18.4 Å². The number of carbonyl (C=O) groups excluding carboxylic acids is 1. The number of ether oxygens (including phenoxy) is 2. The van der Waals surface area contributed by atoms with E-state index >= 15 is 0 Å². The van der Waals surface area contributed by atoms with Crippen LogP contribution in [0.1, 0.15) is 0 Å². The maximum absolute atomic E-state index is 13.0. The Morgan fingerprint density at radius 2 is 2.08 bits per heavy atom. The van der Waals surface area contributed by atoms with Gasteiger partial charge in [0.15, 0.2) is 0 Å². The van der Waals surface area contributed by atoms with Gasteiger partial charge in [0, 0.05) is 0 Å². The number of rotatable bonds is 1. The molecule has 1 aliphatic heterocycles. The van der Waals surface area contributed by atoms with Gasteiger partial charge in [-0.25, -0.2) is 9.53 Å². The smallest absolute Gasteiger partial charge is 0.369 e. The van der Waals surface area contributed by atoms with Crippen molar-refractivity contribution in [2.24, 2.45) is 5.90 Å². The second-order valence-corrected chi connectivity index (χ2v) is 2.09. The Balaban J connectivity index is 2.87. The van der Waals surface area contributed by atoms with E-state index in [0.29, 0.717) is 0 Å². The standard InChI is InChI=1S/C4H4F3NO5/c5-3(2(10)12-8)1(9)11-4(6,7)13-3/h1,9H,8H2. The van der Waals surface area contributed by atoms with Gasteiger partial charge in [-0.1, -0.05) is 0 Å². The van der Waals surface area contributed by atoms with E-state index in [2.05, 4.69) is 20.2 Å². The summed E-state index contributed by atoms with van der Waals surface area (Å²) in [6.07, 6.45) is -7.19. The predicted molar refractivity (Wildman–Crippen MR) is 27.2 cm³/mol. The van der Waals surface area contributed by atoms with Gasteiger partial charge < -0.3 is 9.94 Å². The molecule has 0 radical (unpaired) electrons. The molecule has 0 saturated carbocycles. The van der Waals surface area contributed by atoms with E-state index in [0.717, 1.165) is 0 Å². The van der Waals surface area contributed by atoms with E-state index in [9.17, 15) is 18.0 Å². The fourth-order valence-corrected chi connectivity index (χ4v) is 0.676. The minimum Gasteiger partial charge on any atom is -0.369 e. The molecule has 0 aromatic carbocycles. The Hall–Kier alpha value is -0.900. The summed E-state index contributed by atoms with van der Waals surface area (Å²) in [5.74, 6) is -1.62. The first kappa shape index (κ1) is 10.2. The van der Waals surface area contributed by atoms with Gasteiger partial charge >= 0.3 is 18.1 Å². The van der Waals surface area contributed by atoms with Gasteiger partial charge in [0.25, 0.3) is 0 Å². The predicted octanol–water partition coefficient (Wildman–Crippen LogP) is -1.02. The molecule has 76 valence electrons. The van der Waals surface area contributed by atoms with Gasteiger partial charge in [-0.15, -0.1) is 8.78 Å². The molecular formula is C4H4F3NO5. The van der Waals surface area contributed by atoms with Crippen LogP contribution in [0.2, 0.25) is 0 Å². The summed E-state index contributed by atoms with van der Waals surface area (Å²) >= 11 is 0. The lowest BCUT2D eigenvalue weighted by atomic mass is 10.3. The molecule has 0 aromatic heterocycles. The normalized spacial score (nSPS) is 37.5. The lowest BCUT2D eigenvalue weighted by molar-refractivity contribution is -0.370. The van der Waals surface area contributed by atoms with Crippen LogP contribution < -0.4 is 5.90 Å². The summed E-state index contributed by atoms with van der Waals surface area (Å²) in [4.78, 5) is 13.7. The van der Waals surface area contributed by atoms with Crippen molar-refractivity contribution >= 4 is 5.97 Å². The molecule has 2 unspecified atom stereocenters. The Morgan fingerprint density at radius 1 is 1.54 bits per heavy atom. The zero-order valence-corrected chi connectivity index (χ0v) is 5.87. The van der Waals surface area contributed by atoms with E-state index in [1.807, 2.05) is 0 Å². The number of nitrogens with two attached hydrogens (primary N) is 1.